The Balaban J connectivity index is 2.32. The standard InChI is InChI=1S/C13H18N2O5S/c1-3-6-13(16)8-14(9-13)11-5-4-10(21(2,19)20)7-12(11)15(17)18/h4-5,7,16H,3,6,8-9H2,1-2H3. The summed E-state index contributed by atoms with van der Waals surface area (Å²) in [5.74, 6) is 0. The van der Waals surface area contributed by atoms with Gasteiger partial charge in [0.1, 0.15) is 5.69 Å². The van der Waals surface area contributed by atoms with Gasteiger partial charge in [0.15, 0.2) is 9.84 Å². The zero-order valence-electron chi connectivity index (χ0n) is 11.9. The Hall–Kier alpha value is -1.67. The van der Waals surface area contributed by atoms with Crippen molar-refractivity contribution in [3.8, 4) is 0 Å². The molecule has 116 valence electrons. The number of aliphatic hydroxyl groups is 1. The first kappa shape index (κ1) is 15.7. The molecule has 1 heterocycles. The first-order valence-electron chi connectivity index (χ1n) is 6.62. The largest absolute Gasteiger partial charge is 0.386 e. The second-order valence-corrected chi connectivity index (χ2v) is 7.53. The number of nitro groups is 1. The van der Waals surface area contributed by atoms with E-state index in [-0.39, 0.29) is 10.6 Å². The van der Waals surface area contributed by atoms with Crippen LogP contribution in [0.3, 0.4) is 0 Å². The van der Waals surface area contributed by atoms with E-state index in [4.69, 9.17) is 0 Å². The van der Waals surface area contributed by atoms with Crippen LogP contribution in [0.5, 0.6) is 0 Å². The Morgan fingerprint density at radius 1 is 1.43 bits per heavy atom. The van der Waals surface area contributed by atoms with Gasteiger partial charge in [-0.25, -0.2) is 8.42 Å². The Bertz CT molecular complexity index is 665. The summed E-state index contributed by atoms with van der Waals surface area (Å²) < 4.78 is 23.0. The third-order valence-electron chi connectivity index (χ3n) is 3.60. The number of β-amino-alcohol motifs (C(OH)–C–C–N with tert-alkyl or cyclic N) is 1. The van der Waals surface area contributed by atoms with E-state index in [2.05, 4.69) is 0 Å². The van der Waals surface area contributed by atoms with Crippen molar-refractivity contribution in [2.24, 2.45) is 0 Å². The van der Waals surface area contributed by atoms with Crippen LogP contribution in [-0.2, 0) is 9.84 Å². The molecule has 0 radical (unpaired) electrons. The second-order valence-electron chi connectivity index (χ2n) is 5.51. The zero-order valence-corrected chi connectivity index (χ0v) is 12.8. The Labute approximate surface area is 123 Å². The van der Waals surface area contributed by atoms with Gasteiger partial charge in [-0.1, -0.05) is 13.3 Å². The molecule has 0 amide bonds. The summed E-state index contributed by atoms with van der Waals surface area (Å²) in [4.78, 5) is 12.2. The molecule has 1 aliphatic rings. The molecule has 0 unspecified atom stereocenters. The van der Waals surface area contributed by atoms with Crippen molar-refractivity contribution in [2.75, 3.05) is 24.2 Å². The lowest BCUT2D eigenvalue weighted by atomic mass is 9.88. The molecule has 1 aromatic rings. The van der Waals surface area contributed by atoms with Gasteiger partial charge < -0.3 is 10.0 Å². The monoisotopic (exact) mass is 314 g/mol. The molecule has 1 N–H and O–H groups in total. The maximum absolute atomic E-state index is 11.5. The number of hydrogen-bond acceptors (Lipinski definition) is 6. The third kappa shape index (κ3) is 3.16. The van der Waals surface area contributed by atoms with Gasteiger partial charge >= 0.3 is 0 Å². The summed E-state index contributed by atoms with van der Waals surface area (Å²) in [6, 6.07) is 3.86. The lowest BCUT2D eigenvalue weighted by Crippen LogP contribution is -2.62. The maximum atomic E-state index is 11.5. The van der Waals surface area contributed by atoms with E-state index in [1.807, 2.05) is 6.92 Å². The van der Waals surface area contributed by atoms with Crippen LogP contribution in [0, 0.1) is 10.1 Å². The predicted molar refractivity (Wildman–Crippen MR) is 78.3 cm³/mol. The number of benzene rings is 1. The molecule has 2 rings (SSSR count). The highest BCUT2D eigenvalue weighted by atomic mass is 32.2. The van der Waals surface area contributed by atoms with E-state index < -0.39 is 20.4 Å². The van der Waals surface area contributed by atoms with Gasteiger partial charge in [0.05, 0.1) is 15.4 Å². The van der Waals surface area contributed by atoms with Crippen molar-refractivity contribution in [3.63, 3.8) is 0 Å². The Morgan fingerprint density at radius 2 is 2.05 bits per heavy atom. The molecule has 8 heteroatoms. The number of sulfone groups is 1. The van der Waals surface area contributed by atoms with Crippen LogP contribution in [0.15, 0.2) is 23.1 Å². The highest BCUT2D eigenvalue weighted by Gasteiger charge is 2.42. The SMILES string of the molecule is CCCC1(O)CN(c2ccc(S(C)(=O)=O)cc2[N+](=O)[O-])C1. The fraction of sp³-hybridized carbons (Fsp3) is 0.538. The molecule has 1 aromatic carbocycles. The zero-order chi connectivity index (χ0) is 15.8. The smallest absolute Gasteiger partial charge is 0.293 e. The van der Waals surface area contributed by atoms with Crippen LogP contribution in [-0.4, -0.2) is 43.4 Å². The van der Waals surface area contributed by atoms with E-state index in [0.29, 0.717) is 25.2 Å². The van der Waals surface area contributed by atoms with E-state index in [9.17, 15) is 23.6 Å². The molecule has 21 heavy (non-hydrogen) atoms. The van der Waals surface area contributed by atoms with Crippen LogP contribution >= 0.6 is 0 Å². The topological polar surface area (TPSA) is 101 Å². The molecule has 0 bridgehead atoms. The van der Waals surface area contributed by atoms with Crippen molar-refractivity contribution in [1.82, 2.24) is 0 Å². The van der Waals surface area contributed by atoms with Crippen molar-refractivity contribution in [2.45, 2.75) is 30.3 Å². The summed E-state index contributed by atoms with van der Waals surface area (Å²) in [6.45, 7) is 2.60. The summed E-state index contributed by atoms with van der Waals surface area (Å²) in [5, 5.41) is 21.3. The summed E-state index contributed by atoms with van der Waals surface area (Å²) in [7, 11) is -3.49. The average Bonchev–Trinajstić information content (AvgIpc) is 2.34. The van der Waals surface area contributed by atoms with Crippen LogP contribution < -0.4 is 4.90 Å². The van der Waals surface area contributed by atoms with Gasteiger partial charge in [0, 0.05) is 25.4 Å². The van der Waals surface area contributed by atoms with Gasteiger partial charge in [-0.15, -0.1) is 0 Å². The van der Waals surface area contributed by atoms with Crippen LogP contribution in [0.25, 0.3) is 0 Å². The van der Waals surface area contributed by atoms with E-state index in [1.54, 1.807) is 4.90 Å². The van der Waals surface area contributed by atoms with E-state index in [0.717, 1.165) is 18.7 Å². The Kier molecular flexibility index (Phi) is 3.94. The molecule has 0 atom stereocenters. The highest BCUT2D eigenvalue weighted by molar-refractivity contribution is 7.90. The van der Waals surface area contributed by atoms with Crippen LogP contribution in [0.1, 0.15) is 19.8 Å². The first-order chi connectivity index (χ1) is 9.66. The molecule has 0 aliphatic carbocycles. The van der Waals surface area contributed by atoms with Gasteiger partial charge in [0.25, 0.3) is 5.69 Å². The summed E-state index contributed by atoms with van der Waals surface area (Å²) in [5.41, 5.74) is -0.720. The number of nitrogens with zero attached hydrogens (tertiary/aromatic N) is 2. The second kappa shape index (κ2) is 5.27. The molecular formula is C13H18N2O5S. The van der Waals surface area contributed by atoms with Gasteiger partial charge in [0.2, 0.25) is 0 Å². The van der Waals surface area contributed by atoms with Crippen LogP contribution in [0.2, 0.25) is 0 Å². The van der Waals surface area contributed by atoms with E-state index in [1.165, 1.54) is 12.1 Å². The molecule has 1 saturated heterocycles. The fourth-order valence-corrected chi connectivity index (χ4v) is 3.25. The van der Waals surface area contributed by atoms with Crippen molar-refractivity contribution in [3.05, 3.63) is 28.3 Å². The van der Waals surface area contributed by atoms with Crippen molar-refractivity contribution >= 4 is 21.2 Å². The highest BCUT2D eigenvalue weighted by Crippen LogP contribution is 2.37. The quantitative estimate of drug-likeness (QED) is 0.650. The first-order valence-corrected chi connectivity index (χ1v) is 8.51. The number of hydrogen-bond donors (Lipinski definition) is 1. The fourth-order valence-electron chi connectivity index (χ4n) is 2.61. The molecule has 7 nitrogen and oxygen atoms in total. The summed E-state index contributed by atoms with van der Waals surface area (Å²) >= 11 is 0. The predicted octanol–water partition coefficient (Wildman–Crippen LogP) is 1.35. The van der Waals surface area contributed by atoms with Gasteiger partial charge in [-0.2, -0.15) is 0 Å². The molecule has 0 spiro atoms. The molecule has 1 fully saturated rings. The lowest BCUT2D eigenvalue weighted by molar-refractivity contribution is -0.384. The average molecular weight is 314 g/mol. The van der Waals surface area contributed by atoms with Crippen molar-refractivity contribution in [1.29, 1.82) is 0 Å². The van der Waals surface area contributed by atoms with Crippen LogP contribution in [0.4, 0.5) is 11.4 Å². The van der Waals surface area contributed by atoms with Gasteiger partial charge in [-0.05, 0) is 18.6 Å². The molecule has 1 aliphatic heterocycles. The number of nitro benzene ring substituents is 1. The summed E-state index contributed by atoms with van der Waals surface area (Å²) in [6.07, 6.45) is 2.48. The minimum Gasteiger partial charge on any atom is -0.386 e. The lowest BCUT2D eigenvalue weighted by Gasteiger charge is -2.47. The minimum atomic E-state index is -3.49. The van der Waals surface area contributed by atoms with E-state index >= 15 is 0 Å². The Morgan fingerprint density at radius 3 is 2.52 bits per heavy atom. The maximum Gasteiger partial charge on any atom is 0.293 e. The van der Waals surface area contributed by atoms with Crippen molar-refractivity contribution < 1.29 is 18.4 Å². The third-order valence-corrected chi connectivity index (χ3v) is 4.71. The van der Waals surface area contributed by atoms with Gasteiger partial charge in [-0.3, -0.25) is 10.1 Å². The minimum absolute atomic E-state index is 0.0812. The number of anilines is 1. The normalized spacial score (nSPS) is 17.4. The number of rotatable bonds is 5. The molecule has 0 aromatic heterocycles. The molecular weight excluding hydrogens is 296 g/mol. The molecule has 0 saturated carbocycles.